The van der Waals surface area contributed by atoms with E-state index in [1.807, 2.05) is 68.4 Å². The molecular formula is C30H31ClN2O5. The number of carbonyl (C=O) groups excluding carboxylic acids is 2. The third-order valence-corrected chi connectivity index (χ3v) is 6.57. The normalized spacial score (nSPS) is 16.8. The molecule has 0 radical (unpaired) electrons. The fourth-order valence-electron chi connectivity index (χ4n) is 4.33. The minimum atomic E-state index is -0.761. The second-order valence-corrected chi connectivity index (χ2v) is 9.62. The van der Waals surface area contributed by atoms with Gasteiger partial charge in [0.1, 0.15) is 23.9 Å². The smallest absolute Gasteiger partial charge is 0.295 e. The molecule has 1 aliphatic rings. The highest BCUT2D eigenvalue weighted by Crippen LogP contribution is 2.40. The third kappa shape index (κ3) is 6.01. The number of carbonyl (C=O) groups is 2. The minimum absolute atomic E-state index is 0.0203. The number of Topliss-reactive ketones (excluding diaryl/α,β-unsaturated/α-hetero) is 1. The van der Waals surface area contributed by atoms with E-state index >= 15 is 0 Å². The van der Waals surface area contributed by atoms with Gasteiger partial charge in [0, 0.05) is 18.7 Å². The summed E-state index contributed by atoms with van der Waals surface area (Å²) in [5.74, 6) is -0.545. The molecule has 3 aromatic rings. The predicted molar refractivity (Wildman–Crippen MR) is 147 cm³/mol. The fraction of sp³-hybridized carbons (Fsp3) is 0.267. The van der Waals surface area contributed by atoms with E-state index in [9.17, 15) is 14.7 Å². The van der Waals surface area contributed by atoms with Crippen LogP contribution in [0.1, 0.15) is 29.7 Å². The number of likely N-dealkylation sites (N-methyl/N-ethyl adjacent to an activating group) is 1. The quantitative estimate of drug-likeness (QED) is 0.216. The van der Waals surface area contributed by atoms with Crippen LogP contribution in [-0.2, 0) is 16.2 Å². The van der Waals surface area contributed by atoms with Crippen LogP contribution in [0.25, 0.3) is 5.76 Å². The fourth-order valence-corrected chi connectivity index (χ4v) is 4.56. The van der Waals surface area contributed by atoms with Gasteiger partial charge in [0.25, 0.3) is 11.7 Å². The summed E-state index contributed by atoms with van der Waals surface area (Å²) < 4.78 is 11.4. The van der Waals surface area contributed by atoms with Crippen molar-refractivity contribution in [2.24, 2.45) is 0 Å². The van der Waals surface area contributed by atoms with Gasteiger partial charge >= 0.3 is 0 Å². The molecule has 1 unspecified atom stereocenters. The number of halogens is 1. The lowest BCUT2D eigenvalue weighted by atomic mass is 9.95. The van der Waals surface area contributed by atoms with Gasteiger partial charge in [-0.1, -0.05) is 54.1 Å². The molecule has 8 heteroatoms. The maximum Gasteiger partial charge on any atom is 0.295 e. The first-order valence-corrected chi connectivity index (χ1v) is 12.8. The number of aliphatic hydroxyl groups is 1. The maximum atomic E-state index is 13.2. The minimum Gasteiger partial charge on any atom is -0.507 e. The second-order valence-electron chi connectivity index (χ2n) is 9.22. The van der Waals surface area contributed by atoms with Crippen molar-refractivity contribution in [2.75, 3.05) is 33.8 Å². The van der Waals surface area contributed by atoms with Gasteiger partial charge < -0.3 is 24.4 Å². The lowest BCUT2D eigenvalue weighted by molar-refractivity contribution is -0.140. The molecule has 1 heterocycles. The molecule has 198 valence electrons. The van der Waals surface area contributed by atoms with Gasteiger partial charge in [-0.05, 0) is 62.5 Å². The number of nitrogens with zero attached hydrogens (tertiary/aromatic N) is 2. The molecule has 38 heavy (non-hydrogen) atoms. The summed E-state index contributed by atoms with van der Waals surface area (Å²) in [7, 11) is 3.79. The first-order valence-electron chi connectivity index (χ1n) is 12.4. The topological polar surface area (TPSA) is 79.3 Å². The van der Waals surface area contributed by atoms with Crippen LogP contribution in [0.3, 0.4) is 0 Å². The number of likely N-dealkylation sites (tertiary alicyclic amines) is 1. The molecule has 7 nitrogen and oxygen atoms in total. The standard InChI is InChI=1S/C30H31ClN2O5/c1-4-37-25-15-12-22(18-24(25)31)28(34)26-27(33(17-16-32(2)3)30(36)29(26)35)21-10-13-23(14-11-21)38-19-20-8-6-5-7-9-20/h5-15,18,27,34H,4,16-17,19H2,1-3H3/b28-26+. The molecule has 1 amide bonds. The highest BCUT2D eigenvalue weighted by molar-refractivity contribution is 6.46. The highest BCUT2D eigenvalue weighted by atomic mass is 35.5. The first-order chi connectivity index (χ1) is 18.3. The highest BCUT2D eigenvalue weighted by Gasteiger charge is 2.45. The summed E-state index contributed by atoms with van der Waals surface area (Å²) in [6, 6.07) is 21.1. The van der Waals surface area contributed by atoms with Crippen LogP contribution in [0.15, 0.2) is 78.4 Å². The molecule has 0 spiro atoms. The first kappa shape index (κ1) is 27.2. The van der Waals surface area contributed by atoms with E-state index in [1.54, 1.807) is 24.3 Å². The lowest BCUT2D eigenvalue weighted by Gasteiger charge is -2.26. The van der Waals surface area contributed by atoms with Gasteiger partial charge in [-0.3, -0.25) is 9.59 Å². The molecule has 0 aromatic heterocycles. The van der Waals surface area contributed by atoms with E-state index in [4.69, 9.17) is 21.1 Å². The zero-order chi connectivity index (χ0) is 27.2. The Kier molecular flexibility index (Phi) is 8.71. The Labute approximate surface area is 227 Å². The number of hydrogen-bond acceptors (Lipinski definition) is 6. The molecule has 0 saturated carbocycles. The van der Waals surface area contributed by atoms with Crippen molar-refractivity contribution in [3.05, 3.63) is 100 Å². The van der Waals surface area contributed by atoms with Crippen LogP contribution in [0.5, 0.6) is 11.5 Å². The molecule has 1 aliphatic heterocycles. The van der Waals surface area contributed by atoms with Gasteiger partial charge in [-0.25, -0.2) is 0 Å². The van der Waals surface area contributed by atoms with E-state index in [0.717, 1.165) is 5.56 Å². The number of ketones is 1. The largest absolute Gasteiger partial charge is 0.507 e. The Morgan fingerprint density at radius 1 is 1.00 bits per heavy atom. The number of rotatable bonds is 10. The molecular weight excluding hydrogens is 504 g/mol. The van der Waals surface area contributed by atoms with Crippen molar-refractivity contribution >= 4 is 29.1 Å². The van der Waals surface area contributed by atoms with Crippen molar-refractivity contribution < 1.29 is 24.2 Å². The van der Waals surface area contributed by atoms with Crippen LogP contribution in [0.4, 0.5) is 0 Å². The summed E-state index contributed by atoms with van der Waals surface area (Å²) >= 11 is 6.34. The molecule has 0 aliphatic carbocycles. The van der Waals surface area contributed by atoms with E-state index < -0.39 is 17.7 Å². The Balaban J connectivity index is 1.69. The van der Waals surface area contributed by atoms with Gasteiger partial charge in [-0.15, -0.1) is 0 Å². The van der Waals surface area contributed by atoms with Gasteiger partial charge in [0.2, 0.25) is 0 Å². The van der Waals surface area contributed by atoms with Crippen molar-refractivity contribution in [1.82, 2.24) is 9.80 Å². The predicted octanol–water partition coefficient (Wildman–Crippen LogP) is 5.30. The van der Waals surface area contributed by atoms with E-state index in [1.165, 1.54) is 11.0 Å². The maximum absolute atomic E-state index is 13.2. The number of hydrogen-bond donors (Lipinski definition) is 1. The SMILES string of the molecule is CCOc1ccc(/C(O)=C2\C(=O)C(=O)N(CCN(C)C)C2c2ccc(OCc3ccccc3)cc2)cc1Cl. The van der Waals surface area contributed by atoms with Crippen LogP contribution in [0.2, 0.25) is 5.02 Å². The van der Waals surface area contributed by atoms with Crippen molar-refractivity contribution in [3.63, 3.8) is 0 Å². The summed E-state index contributed by atoms with van der Waals surface area (Å²) in [5.41, 5.74) is 2.08. The Bertz CT molecular complexity index is 1320. The van der Waals surface area contributed by atoms with Gasteiger partial charge in [-0.2, -0.15) is 0 Å². The van der Waals surface area contributed by atoms with Crippen LogP contribution in [0, 0.1) is 0 Å². The monoisotopic (exact) mass is 534 g/mol. The van der Waals surface area contributed by atoms with Crippen LogP contribution < -0.4 is 9.47 Å². The van der Waals surface area contributed by atoms with Gasteiger partial charge in [0.05, 0.1) is 23.2 Å². The Morgan fingerprint density at radius 2 is 1.71 bits per heavy atom. The molecule has 1 saturated heterocycles. The molecule has 1 atom stereocenters. The number of benzene rings is 3. The van der Waals surface area contributed by atoms with E-state index in [-0.39, 0.29) is 11.3 Å². The zero-order valence-corrected chi connectivity index (χ0v) is 22.4. The Morgan fingerprint density at radius 3 is 2.34 bits per heavy atom. The lowest BCUT2D eigenvalue weighted by Crippen LogP contribution is -2.35. The second kappa shape index (κ2) is 12.2. The van der Waals surface area contributed by atoms with Crippen LogP contribution >= 0.6 is 11.6 Å². The average Bonchev–Trinajstić information content (AvgIpc) is 3.17. The summed E-state index contributed by atoms with van der Waals surface area (Å²) in [6.07, 6.45) is 0. The average molecular weight is 535 g/mol. The number of ether oxygens (including phenoxy) is 2. The van der Waals surface area contributed by atoms with Gasteiger partial charge in [0.15, 0.2) is 0 Å². The Hall–Kier alpha value is -3.81. The van der Waals surface area contributed by atoms with Crippen molar-refractivity contribution in [2.45, 2.75) is 19.6 Å². The zero-order valence-electron chi connectivity index (χ0n) is 21.7. The van der Waals surface area contributed by atoms with Crippen molar-refractivity contribution in [3.8, 4) is 11.5 Å². The van der Waals surface area contributed by atoms with E-state index in [0.29, 0.717) is 54.0 Å². The summed E-state index contributed by atoms with van der Waals surface area (Å²) in [4.78, 5) is 29.8. The third-order valence-electron chi connectivity index (χ3n) is 6.28. The van der Waals surface area contributed by atoms with Crippen LogP contribution in [-0.4, -0.2) is 60.4 Å². The molecule has 4 rings (SSSR count). The summed E-state index contributed by atoms with van der Waals surface area (Å²) in [6.45, 7) is 3.57. The molecule has 0 bridgehead atoms. The number of amides is 1. The van der Waals surface area contributed by atoms with E-state index in [2.05, 4.69) is 0 Å². The molecule has 1 N–H and O–H groups in total. The molecule has 3 aromatic carbocycles. The summed E-state index contributed by atoms with van der Waals surface area (Å²) in [5, 5.41) is 11.6. The molecule has 1 fully saturated rings. The number of aliphatic hydroxyl groups excluding tert-OH is 1. The van der Waals surface area contributed by atoms with Crippen molar-refractivity contribution in [1.29, 1.82) is 0 Å².